The fourth-order valence-electron chi connectivity index (χ4n) is 1.33. The summed E-state index contributed by atoms with van der Waals surface area (Å²) in [5.41, 5.74) is 0.153. The van der Waals surface area contributed by atoms with Crippen molar-refractivity contribution in [1.82, 2.24) is 4.98 Å². The van der Waals surface area contributed by atoms with Crippen LogP contribution in [0.25, 0.3) is 0 Å². The Morgan fingerprint density at radius 2 is 2.11 bits per heavy atom. The Morgan fingerprint density at radius 1 is 1.33 bits per heavy atom. The summed E-state index contributed by atoms with van der Waals surface area (Å²) in [7, 11) is 0. The average Bonchev–Trinajstić information content (AvgIpc) is 2.32. The van der Waals surface area contributed by atoms with Crippen molar-refractivity contribution in [2.24, 2.45) is 0 Å². The Kier molecular flexibility index (Phi) is 4.03. The predicted molar refractivity (Wildman–Crippen MR) is 78.0 cm³/mol. The third-order valence-corrected chi connectivity index (χ3v) is 3.05. The number of carbonyl (C=O) groups excluding carboxylic acids is 1. The molecular formula is C12H8ClIN2O2. The van der Waals surface area contributed by atoms with Gasteiger partial charge in [-0.05, 0) is 52.9 Å². The topological polar surface area (TPSA) is 62.2 Å². The highest BCUT2D eigenvalue weighted by Crippen LogP contribution is 2.22. The molecule has 0 aliphatic rings. The summed E-state index contributed by atoms with van der Waals surface area (Å²) in [6, 6.07) is 7.83. The van der Waals surface area contributed by atoms with E-state index in [9.17, 15) is 9.90 Å². The number of hydrogen-bond acceptors (Lipinski definition) is 3. The van der Waals surface area contributed by atoms with Crippen LogP contribution in [-0.2, 0) is 0 Å². The summed E-state index contributed by atoms with van der Waals surface area (Å²) in [5.74, 6) is -0.168. The summed E-state index contributed by atoms with van der Waals surface area (Å²) < 4.78 is 0.972. The van der Waals surface area contributed by atoms with Gasteiger partial charge in [0.2, 0.25) is 0 Å². The first-order chi connectivity index (χ1) is 8.56. The molecule has 6 heteroatoms. The molecule has 0 spiro atoms. The first-order valence-electron chi connectivity index (χ1n) is 4.97. The molecule has 0 saturated heterocycles. The van der Waals surface area contributed by atoms with Gasteiger partial charge < -0.3 is 10.4 Å². The molecule has 0 saturated carbocycles. The van der Waals surface area contributed by atoms with E-state index >= 15 is 0 Å². The predicted octanol–water partition coefficient (Wildman–Crippen LogP) is 3.30. The lowest BCUT2D eigenvalue weighted by atomic mass is 10.2. The van der Waals surface area contributed by atoms with E-state index in [0.29, 0.717) is 10.8 Å². The fourth-order valence-corrected chi connectivity index (χ4v) is 1.82. The molecule has 1 amide bonds. The minimum absolute atomic E-state index is 0.153. The highest BCUT2D eigenvalue weighted by atomic mass is 127. The highest BCUT2D eigenvalue weighted by molar-refractivity contribution is 14.1. The lowest BCUT2D eigenvalue weighted by Crippen LogP contribution is -2.13. The normalized spacial score (nSPS) is 10.1. The quantitative estimate of drug-likeness (QED) is 0.793. The van der Waals surface area contributed by atoms with E-state index in [4.69, 9.17) is 11.6 Å². The molecule has 0 aliphatic heterocycles. The van der Waals surface area contributed by atoms with Gasteiger partial charge in [-0.1, -0.05) is 11.6 Å². The second-order valence-corrected chi connectivity index (χ2v) is 5.16. The number of pyridine rings is 1. The van der Waals surface area contributed by atoms with Crippen molar-refractivity contribution < 1.29 is 9.90 Å². The van der Waals surface area contributed by atoms with Crippen LogP contribution < -0.4 is 5.32 Å². The standard InChI is InChI=1S/C12H8ClIN2O2/c13-7-1-3-9(10(17)5-7)12(18)16-11-4-2-8(14)6-15-11/h1-6,17H,(H,15,16,18). The number of phenolic OH excluding ortho intramolecular Hbond substituents is 1. The van der Waals surface area contributed by atoms with E-state index in [2.05, 4.69) is 32.9 Å². The molecule has 4 nitrogen and oxygen atoms in total. The van der Waals surface area contributed by atoms with Crippen LogP contribution in [0.1, 0.15) is 10.4 Å². The Balaban J connectivity index is 2.19. The van der Waals surface area contributed by atoms with Crippen molar-refractivity contribution in [2.45, 2.75) is 0 Å². The number of anilines is 1. The van der Waals surface area contributed by atoms with Gasteiger partial charge in [-0.3, -0.25) is 4.79 Å². The van der Waals surface area contributed by atoms with Crippen LogP contribution in [-0.4, -0.2) is 16.0 Å². The Hall–Kier alpha value is -1.34. The van der Waals surface area contributed by atoms with Gasteiger partial charge >= 0.3 is 0 Å². The van der Waals surface area contributed by atoms with Crippen molar-refractivity contribution in [3.05, 3.63) is 50.7 Å². The van der Waals surface area contributed by atoms with Crippen LogP contribution in [0.3, 0.4) is 0 Å². The monoisotopic (exact) mass is 374 g/mol. The molecule has 18 heavy (non-hydrogen) atoms. The smallest absolute Gasteiger partial charge is 0.260 e. The van der Waals surface area contributed by atoms with Gasteiger partial charge in [0.15, 0.2) is 0 Å². The number of amides is 1. The minimum Gasteiger partial charge on any atom is -0.507 e. The molecule has 0 fully saturated rings. The van der Waals surface area contributed by atoms with Gasteiger partial charge in [0, 0.05) is 14.8 Å². The minimum atomic E-state index is -0.433. The van der Waals surface area contributed by atoms with Crippen LogP contribution in [0.5, 0.6) is 5.75 Å². The zero-order valence-corrected chi connectivity index (χ0v) is 11.9. The summed E-state index contributed by atoms with van der Waals surface area (Å²) in [6.07, 6.45) is 1.64. The number of aromatic hydroxyl groups is 1. The highest BCUT2D eigenvalue weighted by Gasteiger charge is 2.11. The number of rotatable bonds is 2. The SMILES string of the molecule is O=C(Nc1ccc(I)cn1)c1ccc(Cl)cc1O. The summed E-state index contributed by atoms with van der Waals surface area (Å²) in [6.45, 7) is 0. The van der Waals surface area contributed by atoms with Gasteiger partial charge in [-0.2, -0.15) is 0 Å². The molecule has 0 aliphatic carbocycles. The van der Waals surface area contributed by atoms with E-state index in [1.807, 2.05) is 6.07 Å². The van der Waals surface area contributed by atoms with Crippen molar-refractivity contribution in [1.29, 1.82) is 0 Å². The van der Waals surface area contributed by atoms with Crippen LogP contribution in [0.4, 0.5) is 5.82 Å². The molecule has 2 aromatic rings. The van der Waals surface area contributed by atoms with E-state index < -0.39 is 5.91 Å². The van der Waals surface area contributed by atoms with Gasteiger partial charge in [-0.25, -0.2) is 4.98 Å². The molecule has 92 valence electrons. The Morgan fingerprint density at radius 3 is 2.72 bits per heavy atom. The van der Waals surface area contributed by atoms with Crippen LogP contribution in [0.2, 0.25) is 5.02 Å². The van der Waals surface area contributed by atoms with Crippen molar-refractivity contribution in [2.75, 3.05) is 5.32 Å². The maximum absolute atomic E-state index is 11.9. The number of benzene rings is 1. The van der Waals surface area contributed by atoms with Gasteiger partial charge in [0.05, 0.1) is 5.56 Å². The molecule has 0 atom stereocenters. The number of nitrogens with one attached hydrogen (secondary N) is 1. The molecule has 0 bridgehead atoms. The first-order valence-corrected chi connectivity index (χ1v) is 6.43. The summed E-state index contributed by atoms with van der Waals surface area (Å²) in [4.78, 5) is 15.9. The van der Waals surface area contributed by atoms with Crippen LogP contribution >= 0.6 is 34.2 Å². The summed E-state index contributed by atoms with van der Waals surface area (Å²) in [5, 5.41) is 12.6. The molecule has 1 heterocycles. The second kappa shape index (κ2) is 5.53. The van der Waals surface area contributed by atoms with Crippen molar-refractivity contribution >= 4 is 45.9 Å². The third kappa shape index (κ3) is 3.11. The first kappa shape index (κ1) is 13.1. The zero-order chi connectivity index (χ0) is 13.1. The number of aromatic nitrogens is 1. The second-order valence-electron chi connectivity index (χ2n) is 3.48. The van der Waals surface area contributed by atoms with Gasteiger partial charge in [-0.15, -0.1) is 0 Å². The molecule has 0 radical (unpaired) electrons. The lowest BCUT2D eigenvalue weighted by Gasteiger charge is -2.06. The average molecular weight is 375 g/mol. The van der Waals surface area contributed by atoms with E-state index in [-0.39, 0.29) is 11.3 Å². The van der Waals surface area contributed by atoms with Gasteiger partial charge in [0.25, 0.3) is 5.91 Å². The van der Waals surface area contributed by atoms with E-state index in [0.717, 1.165) is 3.57 Å². The molecular weight excluding hydrogens is 367 g/mol. The Labute approximate surface area is 122 Å². The molecule has 1 aromatic heterocycles. The number of nitrogens with zero attached hydrogens (tertiary/aromatic N) is 1. The molecule has 0 unspecified atom stereocenters. The van der Waals surface area contributed by atoms with E-state index in [1.165, 1.54) is 18.2 Å². The fraction of sp³-hybridized carbons (Fsp3) is 0. The molecule has 2 N–H and O–H groups in total. The maximum atomic E-state index is 11.9. The molecule has 2 rings (SSSR count). The summed E-state index contributed by atoms with van der Waals surface area (Å²) >= 11 is 7.82. The number of halogens is 2. The molecule has 1 aromatic carbocycles. The van der Waals surface area contributed by atoms with Crippen molar-refractivity contribution in [3.8, 4) is 5.75 Å². The lowest BCUT2D eigenvalue weighted by molar-refractivity contribution is 0.102. The maximum Gasteiger partial charge on any atom is 0.260 e. The number of carbonyl (C=O) groups is 1. The van der Waals surface area contributed by atoms with Crippen molar-refractivity contribution in [3.63, 3.8) is 0 Å². The van der Waals surface area contributed by atoms with Crippen LogP contribution in [0, 0.1) is 3.57 Å². The number of phenols is 1. The van der Waals surface area contributed by atoms with Crippen LogP contribution in [0.15, 0.2) is 36.5 Å². The number of hydrogen-bond donors (Lipinski definition) is 2. The third-order valence-electron chi connectivity index (χ3n) is 2.17. The largest absolute Gasteiger partial charge is 0.507 e. The van der Waals surface area contributed by atoms with Gasteiger partial charge in [0.1, 0.15) is 11.6 Å². The Bertz CT molecular complexity index is 587. The zero-order valence-electron chi connectivity index (χ0n) is 9.02. The van der Waals surface area contributed by atoms with E-state index in [1.54, 1.807) is 12.3 Å².